The summed E-state index contributed by atoms with van der Waals surface area (Å²) in [5.41, 5.74) is 0. The minimum absolute atomic E-state index is 0.330. The van der Waals surface area contributed by atoms with Crippen molar-refractivity contribution < 1.29 is 9.76 Å². The second-order valence-electron chi connectivity index (χ2n) is 3.01. The number of ether oxygens (including phenoxy) is 1. The molecule has 0 aliphatic carbocycles. The molecule has 1 heterocycles. The van der Waals surface area contributed by atoms with Gasteiger partial charge in [0.1, 0.15) is 0 Å². The first-order valence-corrected chi connectivity index (χ1v) is 4.27. The Morgan fingerprint density at radius 1 is 1.73 bits per heavy atom. The molecular weight excluding hydrogens is 141 g/mol. The Morgan fingerprint density at radius 2 is 2.45 bits per heavy atom. The molecule has 0 saturated carbocycles. The summed E-state index contributed by atoms with van der Waals surface area (Å²) < 4.78 is 5.30. The van der Waals surface area contributed by atoms with Crippen molar-refractivity contribution in [1.82, 2.24) is 4.81 Å². The third-order valence-electron chi connectivity index (χ3n) is 2.22. The minimum Gasteiger partial charge on any atom is -0.437 e. The molecule has 1 saturated heterocycles. The fraction of sp³-hybridized carbons (Fsp3) is 1.00. The number of nitrogens with zero attached hydrogens (tertiary/aromatic N) is 1. The average Bonchev–Trinajstić information content (AvgIpc) is 2.04. The Labute approximate surface area is 68.5 Å². The summed E-state index contributed by atoms with van der Waals surface area (Å²) in [6, 6.07) is 0.406. The van der Waals surface area contributed by atoms with E-state index in [4.69, 9.17) is 4.74 Å². The zero-order valence-corrected chi connectivity index (χ0v) is 7.29. The van der Waals surface area contributed by atoms with Gasteiger partial charge in [0.25, 0.3) is 0 Å². The van der Waals surface area contributed by atoms with E-state index in [0.29, 0.717) is 6.04 Å². The summed E-state index contributed by atoms with van der Waals surface area (Å²) in [7, 11) is -0.330. The highest BCUT2D eigenvalue weighted by molar-refractivity contribution is 6.45. The van der Waals surface area contributed by atoms with Gasteiger partial charge in [0.05, 0.1) is 13.2 Å². The van der Waals surface area contributed by atoms with Crippen molar-refractivity contribution in [2.24, 2.45) is 0 Å². The number of hydrogen-bond donors (Lipinski definition) is 1. The number of morpholine rings is 1. The Morgan fingerprint density at radius 3 is 2.91 bits per heavy atom. The molecule has 0 aromatic rings. The quantitative estimate of drug-likeness (QED) is 0.581. The smallest absolute Gasteiger partial charge is 0.376 e. The highest BCUT2D eigenvalue weighted by atomic mass is 16.5. The van der Waals surface area contributed by atoms with Gasteiger partial charge in [-0.2, -0.15) is 0 Å². The summed E-state index contributed by atoms with van der Waals surface area (Å²) >= 11 is 0. The molecule has 0 amide bonds. The van der Waals surface area contributed by atoms with Crippen molar-refractivity contribution in [3.63, 3.8) is 0 Å². The maximum Gasteiger partial charge on any atom is 0.376 e. The highest BCUT2D eigenvalue weighted by Gasteiger charge is 2.26. The minimum atomic E-state index is -0.330. The molecule has 1 fully saturated rings. The molecule has 4 heteroatoms. The number of hydrogen-bond acceptors (Lipinski definition) is 3. The normalized spacial score (nSPS) is 27.0. The van der Waals surface area contributed by atoms with E-state index in [1.165, 1.54) is 0 Å². The molecule has 1 N–H and O–H groups in total. The van der Waals surface area contributed by atoms with Gasteiger partial charge < -0.3 is 14.6 Å². The van der Waals surface area contributed by atoms with Crippen LogP contribution in [0.1, 0.15) is 13.3 Å². The Kier molecular flexibility index (Phi) is 3.36. The summed E-state index contributed by atoms with van der Waals surface area (Å²) in [6.45, 7) is 6.31. The molecule has 0 aromatic carbocycles. The monoisotopic (exact) mass is 157 g/mol. The van der Waals surface area contributed by atoms with Gasteiger partial charge in [-0.3, -0.25) is 0 Å². The van der Waals surface area contributed by atoms with Crippen molar-refractivity contribution in [3.8, 4) is 0 Å². The predicted molar refractivity (Wildman–Crippen MR) is 45.4 cm³/mol. The second-order valence-corrected chi connectivity index (χ2v) is 3.01. The standard InChI is InChI=1S/C7H16BNO2/c1-3-7-6-11-5-4-9(7)8(2)10/h7,10H,3-6H2,1-2H3/t7-/m1/s1. The van der Waals surface area contributed by atoms with Crippen molar-refractivity contribution >= 4 is 7.05 Å². The van der Waals surface area contributed by atoms with Crippen LogP contribution in [0.5, 0.6) is 0 Å². The van der Waals surface area contributed by atoms with Crippen LogP contribution in [-0.2, 0) is 4.74 Å². The third-order valence-corrected chi connectivity index (χ3v) is 2.22. The fourth-order valence-electron chi connectivity index (χ4n) is 1.51. The molecule has 1 aliphatic heterocycles. The lowest BCUT2D eigenvalue weighted by molar-refractivity contribution is 0.0231. The Bertz CT molecular complexity index is 121. The van der Waals surface area contributed by atoms with E-state index in [1.54, 1.807) is 0 Å². The first-order chi connectivity index (χ1) is 5.25. The van der Waals surface area contributed by atoms with E-state index in [9.17, 15) is 5.02 Å². The predicted octanol–water partition coefficient (Wildman–Crippen LogP) is 0.207. The fourth-order valence-corrected chi connectivity index (χ4v) is 1.51. The van der Waals surface area contributed by atoms with E-state index >= 15 is 0 Å². The molecule has 1 aliphatic rings. The van der Waals surface area contributed by atoms with Crippen LogP contribution in [0.3, 0.4) is 0 Å². The summed E-state index contributed by atoms with van der Waals surface area (Å²) in [5.74, 6) is 0. The Balaban J connectivity index is 2.44. The molecule has 0 unspecified atom stereocenters. The molecule has 0 aromatic heterocycles. The van der Waals surface area contributed by atoms with Crippen LogP contribution < -0.4 is 0 Å². The van der Waals surface area contributed by atoms with Crippen LogP contribution in [0.4, 0.5) is 0 Å². The van der Waals surface area contributed by atoms with Gasteiger partial charge in [-0.1, -0.05) is 6.92 Å². The molecular formula is C7H16BNO2. The van der Waals surface area contributed by atoms with Crippen molar-refractivity contribution in [2.45, 2.75) is 26.2 Å². The van der Waals surface area contributed by atoms with Crippen LogP contribution in [-0.4, -0.2) is 42.7 Å². The van der Waals surface area contributed by atoms with Crippen molar-refractivity contribution in [1.29, 1.82) is 0 Å². The topological polar surface area (TPSA) is 32.7 Å². The van der Waals surface area contributed by atoms with Gasteiger partial charge in [-0.25, -0.2) is 0 Å². The number of rotatable bonds is 2. The maximum absolute atomic E-state index is 9.35. The van der Waals surface area contributed by atoms with Gasteiger partial charge in [0, 0.05) is 12.6 Å². The van der Waals surface area contributed by atoms with Crippen LogP contribution in [0.2, 0.25) is 6.82 Å². The zero-order valence-electron chi connectivity index (χ0n) is 7.29. The largest absolute Gasteiger partial charge is 0.437 e. The Hall–Kier alpha value is -0.0551. The summed E-state index contributed by atoms with van der Waals surface area (Å²) in [4.78, 5) is 2.09. The van der Waals surface area contributed by atoms with Crippen LogP contribution in [0.15, 0.2) is 0 Å². The van der Waals surface area contributed by atoms with Gasteiger partial charge in [-0.15, -0.1) is 0 Å². The lowest BCUT2D eigenvalue weighted by Crippen LogP contribution is -2.51. The van der Waals surface area contributed by atoms with E-state index in [2.05, 4.69) is 11.7 Å². The third kappa shape index (κ3) is 2.19. The molecule has 1 atom stereocenters. The highest BCUT2D eigenvalue weighted by Crippen LogP contribution is 2.10. The molecule has 1 rings (SSSR count). The lowest BCUT2D eigenvalue weighted by Gasteiger charge is -2.35. The first kappa shape index (κ1) is 9.04. The molecule has 3 nitrogen and oxygen atoms in total. The molecule has 0 spiro atoms. The SMILES string of the molecule is CC[C@@H]1COCCN1B(C)O. The van der Waals surface area contributed by atoms with E-state index < -0.39 is 0 Å². The molecule has 11 heavy (non-hydrogen) atoms. The summed E-state index contributed by atoms with van der Waals surface area (Å²) in [5, 5.41) is 9.35. The second kappa shape index (κ2) is 4.09. The van der Waals surface area contributed by atoms with Crippen LogP contribution >= 0.6 is 0 Å². The van der Waals surface area contributed by atoms with E-state index in [1.807, 2.05) is 6.82 Å². The van der Waals surface area contributed by atoms with Crippen molar-refractivity contribution in [3.05, 3.63) is 0 Å². The van der Waals surface area contributed by atoms with Gasteiger partial charge >= 0.3 is 7.05 Å². The molecule has 0 bridgehead atoms. The lowest BCUT2D eigenvalue weighted by atomic mass is 9.82. The summed E-state index contributed by atoms with van der Waals surface area (Å²) in [6.07, 6.45) is 1.05. The molecule has 64 valence electrons. The first-order valence-electron chi connectivity index (χ1n) is 4.27. The van der Waals surface area contributed by atoms with Crippen LogP contribution in [0, 0.1) is 0 Å². The van der Waals surface area contributed by atoms with Crippen molar-refractivity contribution in [2.75, 3.05) is 19.8 Å². The van der Waals surface area contributed by atoms with Gasteiger partial charge in [0.15, 0.2) is 0 Å². The zero-order chi connectivity index (χ0) is 8.27. The van der Waals surface area contributed by atoms with Gasteiger partial charge in [0.2, 0.25) is 0 Å². The maximum atomic E-state index is 9.35. The van der Waals surface area contributed by atoms with E-state index in [0.717, 1.165) is 26.2 Å². The van der Waals surface area contributed by atoms with Crippen LogP contribution in [0.25, 0.3) is 0 Å². The molecule has 0 radical (unpaired) electrons. The van der Waals surface area contributed by atoms with Gasteiger partial charge in [-0.05, 0) is 13.2 Å². The van der Waals surface area contributed by atoms with E-state index in [-0.39, 0.29) is 7.05 Å². The average molecular weight is 157 g/mol.